The van der Waals surface area contributed by atoms with Gasteiger partial charge in [0, 0.05) is 38.5 Å². The number of hydrogen-bond acceptors (Lipinski definition) is 12. The van der Waals surface area contributed by atoms with Crippen molar-refractivity contribution in [1.82, 2.24) is 0 Å². The molecule has 1 aromatic rings. The van der Waals surface area contributed by atoms with Gasteiger partial charge in [-0.15, -0.1) is 0 Å². The van der Waals surface area contributed by atoms with E-state index in [9.17, 15) is 28.8 Å². The fourth-order valence-electron chi connectivity index (χ4n) is 6.56. The van der Waals surface area contributed by atoms with E-state index in [1.807, 2.05) is 0 Å². The predicted octanol–water partition coefficient (Wildman–Crippen LogP) is 3.25. The van der Waals surface area contributed by atoms with Gasteiger partial charge >= 0.3 is 35.8 Å². The van der Waals surface area contributed by atoms with E-state index in [1.54, 1.807) is 41.5 Å². The second-order valence-electron chi connectivity index (χ2n) is 11.1. The molecule has 0 aliphatic heterocycles. The van der Waals surface area contributed by atoms with Gasteiger partial charge in [0.1, 0.15) is 0 Å². The van der Waals surface area contributed by atoms with Gasteiger partial charge in [-0.25, -0.2) is 28.8 Å². The molecule has 4 rings (SSSR count). The first-order valence-corrected chi connectivity index (χ1v) is 16.4. The van der Waals surface area contributed by atoms with Crippen molar-refractivity contribution in [3.8, 4) is 0 Å². The van der Waals surface area contributed by atoms with Crippen molar-refractivity contribution in [2.75, 3.05) is 39.6 Å². The molecule has 0 heterocycles. The Morgan fingerprint density at radius 1 is 0.312 bits per heavy atom. The van der Waals surface area contributed by atoms with Crippen LogP contribution in [-0.2, 0) is 95.7 Å². The summed E-state index contributed by atoms with van der Waals surface area (Å²) in [6, 6.07) is 0. The van der Waals surface area contributed by atoms with Crippen LogP contribution in [0.5, 0.6) is 0 Å². The van der Waals surface area contributed by atoms with E-state index in [2.05, 4.69) is 0 Å². The molecular formula is C36H42O12. The zero-order valence-corrected chi connectivity index (χ0v) is 28.4. The van der Waals surface area contributed by atoms with Crippen LogP contribution in [0, 0.1) is 0 Å². The molecule has 0 fully saturated rings. The molecule has 0 amide bonds. The lowest BCUT2D eigenvalue weighted by molar-refractivity contribution is -0.142. The van der Waals surface area contributed by atoms with E-state index in [-0.39, 0.29) is 112 Å². The lowest BCUT2D eigenvalue weighted by Gasteiger charge is -2.35. The van der Waals surface area contributed by atoms with Crippen molar-refractivity contribution >= 4 is 35.8 Å². The fraction of sp³-hybridized carbons (Fsp3) is 0.500. The molecule has 0 saturated heterocycles. The lowest BCUT2D eigenvalue weighted by atomic mass is 9.69. The van der Waals surface area contributed by atoms with Gasteiger partial charge in [-0.1, -0.05) is 0 Å². The first-order chi connectivity index (χ1) is 23.1. The van der Waals surface area contributed by atoms with E-state index in [1.165, 1.54) is 0 Å². The predicted molar refractivity (Wildman–Crippen MR) is 170 cm³/mol. The molecule has 0 aromatic heterocycles. The Labute approximate surface area is 279 Å². The molecule has 0 unspecified atom stereocenters. The minimum absolute atomic E-state index is 0.0219. The summed E-state index contributed by atoms with van der Waals surface area (Å²) in [5, 5.41) is 0. The van der Waals surface area contributed by atoms with Crippen molar-refractivity contribution in [1.29, 1.82) is 0 Å². The molecule has 0 N–H and O–H groups in total. The van der Waals surface area contributed by atoms with E-state index in [0.717, 1.165) is 0 Å². The van der Waals surface area contributed by atoms with Gasteiger partial charge in [-0.2, -0.15) is 0 Å². The Hall–Kier alpha value is -4.74. The monoisotopic (exact) mass is 666 g/mol. The van der Waals surface area contributed by atoms with Crippen molar-refractivity contribution in [3.05, 3.63) is 66.8 Å². The molecule has 0 bridgehead atoms. The molecule has 0 atom stereocenters. The maximum absolute atomic E-state index is 13.3. The highest BCUT2D eigenvalue weighted by molar-refractivity contribution is 6.05. The van der Waals surface area contributed by atoms with Crippen LogP contribution in [0.2, 0.25) is 0 Å². The summed E-state index contributed by atoms with van der Waals surface area (Å²) in [6.07, 6.45) is -0.131. The second kappa shape index (κ2) is 15.9. The molecule has 0 spiro atoms. The van der Waals surface area contributed by atoms with Crippen LogP contribution in [0.15, 0.2) is 33.4 Å². The Balaban J connectivity index is 2.04. The maximum atomic E-state index is 13.3. The SMILES string of the molecule is CCOC(=O)C1=C(C(=O)OCC)Cc2c(c3c(c4c2CC(C(=O)OCC)=C(C(=O)OCC)C4)CC(C(=O)OCC)=C(C(=O)OCC)C3)C1. The van der Waals surface area contributed by atoms with Crippen LogP contribution < -0.4 is 0 Å². The molecule has 1 aromatic carbocycles. The van der Waals surface area contributed by atoms with Crippen molar-refractivity contribution < 1.29 is 57.2 Å². The first-order valence-electron chi connectivity index (χ1n) is 16.4. The minimum atomic E-state index is -0.668. The summed E-state index contributed by atoms with van der Waals surface area (Å²) in [6.45, 7) is 10.5. The van der Waals surface area contributed by atoms with Gasteiger partial charge in [-0.05, 0) is 74.9 Å². The van der Waals surface area contributed by atoms with E-state index in [0.29, 0.717) is 33.4 Å². The van der Waals surface area contributed by atoms with Gasteiger partial charge in [0.15, 0.2) is 0 Å². The third kappa shape index (κ3) is 7.07. The molecular weight excluding hydrogens is 624 g/mol. The summed E-state index contributed by atoms with van der Waals surface area (Å²) in [4.78, 5) is 79.8. The Morgan fingerprint density at radius 2 is 0.438 bits per heavy atom. The van der Waals surface area contributed by atoms with E-state index < -0.39 is 35.8 Å². The number of benzene rings is 1. The first kappa shape index (κ1) is 36.1. The van der Waals surface area contributed by atoms with Crippen LogP contribution in [0.4, 0.5) is 0 Å². The number of carbonyl (C=O) groups is 6. The minimum Gasteiger partial charge on any atom is -0.463 e. The highest BCUT2D eigenvalue weighted by Crippen LogP contribution is 2.44. The molecule has 48 heavy (non-hydrogen) atoms. The molecule has 0 radical (unpaired) electrons. The summed E-state index contributed by atoms with van der Waals surface area (Å²) in [5.74, 6) is -4.01. The number of hydrogen-bond donors (Lipinski definition) is 0. The largest absolute Gasteiger partial charge is 0.463 e. The second-order valence-corrected chi connectivity index (χ2v) is 11.1. The van der Waals surface area contributed by atoms with E-state index >= 15 is 0 Å². The maximum Gasteiger partial charge on any atom is 0.334 e. The van der Waals surface area contributed by atoms with Gasteiger partial charge in [0.05, 0.1) is 73.1 Å². The van der Waals surface area contributed by atoms with Crippen LogP contribution in [-0.4, -0.2) is 75.5 Å². The Morgan fingerprint density at radius 3 is 0.542 bits per heavy atom. The number of esters is 6. The van der Waals surface area contributed by atoms with Crippen LogP contribution in [0.1, 0.15) is 74.9 Å². The zero-order valence-electron chi connectivity index (χ0n) is 28.4. The summed E-state index contributed by atoms with van der Waals surface area (Å²) < 4.78 is 32.1. The molecule has 12 nitrogen and oxygen atoms in total. The Bertz CT molecular complexity index is 1310. The van der Waals surface area contributed by atoms with Gasteiger partial charge < -0.3 is 28.4 Å². The molecule has 3 aliphatic rings. The average Bonchev–Trinajstić information content (AvgIpc) is 3.07. The quantitative estimate of drug-likeness (QED) is 0.237. The Kier molecular flexibility index (Phi) is 12.0. The zero-order chi connectivity index (χ0) is 35.1. The number of carbonyl (C=O) groups excluding carboxylic acids is 6. The fourth-order valence-corrected chi connectivity index (χ4v) is 6.56. The van der Waals surface area contributed by atoms with Gasteiger partial charge in [-0.3, -0.25) is 0 Å². The van der Waals surface area contributed by atoms with Gasteiger partial charge in [0.25, 0.3) is 0 Å². The lowest BCUT2D eigenvalue weighted by Crippen LogP contribution is -2.32. The molecule has 258 valence electrons. The number of rotatable bonds is 12. The third-order valence-electron chi connectivity index (χ3n) is 8.53. The average molecular weight is 667 g/mol. The number of fused-ring (bicyclic) bond motifs is 6. The topological polar surface area (TPSA) is 158 Å². The summed E-state index contributed by atoms with van der Waals surface area (Å²) >= 11 is 0. The summed E-state index contributed by atoms with van der Waals surface area (Å²) in [7, 11) is 0. The van der Waals surface area contributed by atoms with Crippen LogP contribution in [0.3, 0.4) is 0 Å². The van der Waals surface area contributed by atoms with Crippen molar-refractivity contribution in [3.63, 3.8) is 0 Å². The summed E-state index contributed by atoms with van der Waals surface area (Å²) in [5.41, 5.74) is 4.83. The van der Waals surface area contributed by atoms with E-state index in [4.69, 9.17) is 28.4 Å². The van der Waals surface area contributed by atoms with Crippen molar-refractivity contribution in [2.45, 2.75) is 80.1 Å². The molecule has 0 saturated carbocycles. The molecule has 12 heteroatoms. The van der Waals surface area contributed by atoms with Gasteiger partial charge in [0.2, 0.25) is 0 Å². The highest BCUT2D eigenvalue weighted by atomic mass is 16.6. The number of ether oxygens (including phenoxy) is 6. The van der Waals surface area contributed by atoms with Crippen LogP contribution >= 0.6 is 0 Å². The standard InChI is InChI=1S/C36H42O12/c1-7-43-31(37)25-13-19-20(14-26(25)32(38)44-8-2)22-16-28(34(40)46-10-4)30(36(42)48-12-6)18-24(22)23-17-29(35(41)47-11-5)27(15-21(19)23)33(39)45-9-3/h7-18H2,1-6H3. The van der Waals surface area contributed by atoms with Crippen molar-refractivity contribution in [2.24, 2.45) is 0 Å². The molecule has 3 aliphatic carbocycles. The van der Waals surface area contributed by atoms with Crippen LogP contribution in [0.25, 0.3) is 0 Å². The third-order valence-corrected chi connectivity index (χ3v) is 8.53. The smallest absolute Gasteiger partial charge is 0.334 e. The highest BCUT2D eigenvalue weighted by Gasteiger charge is 2.41. The normalized spacial score (nSPS) is 15.1.